The highest BCUT2D eigenvalue weighted by atomic mass is 16.5. The van der Waals surface area contributed by atoms with Crippen LogP contribution in [0.15, 0.2) is 18.2 Å². The molecule has 1 aliphatic carbocycles. The Morgan fingerprint density at radius 3 is 3.00 bits per heavy atom. The van der Waals surface area contributed by atoms with Crippen molar-refractivity contribution in [2.24, 2.45) is 5.92 Å². The van der Waals surface area contributed by atoms with E-state index in [4.69, 9.17) is 4.74 Å². The minimum absolute atomic E-state index is 0.649. The fourth-order valence-electron chi connectivity index (χ4n) is 3.30. The fourth-order valence-corrected chi connectivity index (χ4v) is 3.30. The van der Waals surface area contributed by atoms with Crippen molar-refractivity contribution in [2.75, 3.05) is 12.4 Å². The zero-order valence-corrected chi connectivity index (χ0v) is 9.99. The third kappa shape index (κ3) is 1.40. The monoisotopic (exact) mass is 217 g/mol. The number of benzene rings is 1. The van der Waals surface area contributed by atoms with E-state index in [1.807, 2.05) is 0 Å². The Hall–Kier alpha value is -1.18. The molecule has 1 heterocycles. The molecule has 16 heavy (non-hydrogen) atoms. The number of hydrogen-bond acceptors (Lipinski definition) is 2. The Bertz CT molecular complexity index is 402. The molecule has 3 unspecified atom stereocenters. The third-order valence-corrected chi connectivity index (χ3v) is 4.20. The lowest BCUT2D eigenvalue weighted by atomic mass is 9.77. The minimum Gasteiger partial charge on any atom is -0.497 e. The number of rotatable bonds is 1. The molecule has 0 saturated heterocycles. The smallest absolute Gasteiger partial charge is 0.120 e. The molecule has 2 nitrogen and oxygen atoms in total. The number of fused-ring (bicyclic) bond motifs is 3. The summed E-state index contributed by atoms with van der Waals surface area (Å²) in [6.07, 6.45) is 4.07. The first kappa shape index (κ1) is 10.0. The molecule has 2 aliphatic rings. The van der Waals surface area contributed by atoms with Crippen molar-refractivity contribution in [3.8, 4) is 5.75 Å². The molecule has 1 saturated carbocycles. The van der Waals surface area contributed by atoms with Crippen LogP contribution in [0.3, 0.4) is 0 Å². The number of nitrogens with one attached hydrogen (secondary N) is 1. The SMILES string of the molecule is COc1ccc2c(c1)NC1C(C)CCCC21. The van der Waals surface area contributed by atoms with Crippen molar-refractivity contribution in [3.63, 3.8) is 0 Å². The van der Waals surface area contributed by atoms with Gasteiger partial charge in [-0.1, -0.05) is 19.4 Å². The summed E-state index contributed by atoms with van der Waals surface area (Å²) in [7, 11) is 1.73. The van der Waals surface area contributed by atoms with E-state index in [-0.39, 0.29) is 0 Å². The molecular weight excluding hydrogens is 198 g/mol. The summed E-state index contributed by atoms with van der Waals surface area (Å²) in [5, 5.41) is 3.68. The van der Waals surface area contributed by atoms with Gasteiger partial charge in [0.1, 0.15) is 5.75 Å². The van der Waals surface area contributed by atoms with Crippen LogP contribution in [0.4, 0.5) is 5.69 Å². The molecule has 86 valence electrons. The van der Waals surface area contributed by atoms with E-state index in [9.17, 15) is 0 Å². The van der Waals surface area contributed by atoms with E-state index in [2.05, 4.69) is 30.4 Å². The summed E-state index contributed by atoms with van der Waals surface area (Å²) >= 11 is 0. The molecule has 2 heteroatoms. The van der Waals surface area contributed by atoms with E-state index in [1.165, 1.54) is 30.5 Å². The molecular formula is C14H19NO. The predicted octanol–water partition coefficient (Wildman–Crippen LogP) is 3.39. The van der Waals surface area contributed by atoms with Gasteiger partial charge in [-0.25, -0.2) is 0 Å². The maximum absolute atomic E-state index is 5.28. The van der Waals surface area contributed by atoms with E-state index in [0.717, 1.165) is 17.6 Å². The summed E-state index contributed by atoms with van der Waals surface area (Å²) in [4.78, 5) is 0. The van der Waals surface area contributed by atoms with Crippen molar-refractivity contribution in [3.05, 3.63) is 23.8 Å². The Morgan fingerprint density at radius 1 is 1.31 bits per heavy atom. The zero-order chi connectivity index (χ0) is 11.1. The van der Waals surface area contributed by atoms with E-state index >= 15 is 0 Å². The zero-order valence-electron chi connectivity index (χ0n) is 9.99. The first-order valence-electron chi connectivity index (χ1n) is 6.24. The van der Waals surface area contributed by atoms with Gasteiger partial charge in [0.2, 0.25) is 0 Å². The van der Waals surface area contributed by atoms with Crippen LogP contribution < -0.4 is 10.1 Å². The van der Waals surface area contributed by atoms with Gasteiger partial charge in [-0.3, -0.25) is 0 Å². The summed E-state index contributed by atoms with van der Waals surface area (Å²) in [5.74, 6) is 2.47. The van der Waals surface area contributed by atoms with Crippen molar-refractivity contribution < 1.29 is 4.74 Å². The lowest BCUT2D eigenvalue weighted by molar-refractivity contribution is 0.322. The summed E-state index contributed by atoms with van der Waals surface area (Å²) in [6.45, 7) is 2.37. The van der Waals surface area contributed by atoms with Gasteiger partial charge < -0.3 is 10.1 Å². The Morgan fingerprint density at radius 2 is 2.19 bits per heavy atom. The Labute approximate surface area is 97.0 Å². The van der Waals surface area contributed by atoms with Gasteiger partial charge in [-0.15, -0.1) is 0 Å². The molecule has 3 rings (SSSR count). The normalized spacial score (nSPS) is 31.5. The molecule has 1 N–H and O–H groups in total. The summed E-state index contributed by atoms with van der Waals surface area (Å²) < 4.78 is 5.28. The summed E-state index contributed by atoms with van der Waals surface area (Å²) in [5.41, 5.74) is 2.79. The molecule has 0 spiro atoms. The highest BCUT2D eigenvalue weighted by Crippen LogP contribution is 2.46. The standard InChI is InChI=1S/C14H19NO/c1-9-4-3-5-12-11-7-6-10(16-2)8-13(11)15-14(9)12/h6-9,12,14-15H,3-5H2,1-2H3. The molecule has 1 aliphatic heterocycles. The fraction of sp³-hybridized carbons (Fsp3) is 0.571. The molecule has 0 amide bonds. The van der Waals surface area contributed by atoms with Crippen molar-refractivity contribution in [1.82, 2.24) is 0 Å². The van der Waals surface area contributed by atoms with E-state index in [0.29, 0.717) is 6.04 Å². The van der Waals surface area contributed by atoms with E-state index < -0.39 is 0 Å². The largest absolute Gasteiger partial charge is 0.497 e. The molecule has 1 aromatic rings. The van der Waals surface area contributed by atoms with Gasteiger partial charge in [-0.05, 0) is 30.4 Å². The molecule has 1 fully saturated rings. The van der Waals surface area contributed by atoms with Gasteiger partial charge >= 0.3 is 0 Å². The van der Waals surface area contributed by atoms with E-state index in [1.54, 1.807) is 7.11 Å². The van der Waals surface area contributed by atoms with Crippen LogP contribution in [-0.2, 0) is 0 Å². The first-order valence-corrected chi connectivity index (χ1v) is 6.24. The maximum atomic E-state index is 5.28. The van der Waals surface area contributed by atoms with Crippen LogP contribution in [0.5, 0.6) is 5.75 Å². The molecule has 0 bridgehead atoms. The lowest BCUT2D eigenvalue weighted by Gasteiger charge is -2.31. The van der Waals surface area contributed by atoms with Gasteiger partial charge in [0.25, 0.3) is 0 Å². The highest BCUT2D eigenvalue weighted by Gasteiger charge is 2.37. The van der Waals surface area contributed by atoms with Crippen LogP contribution in [0.1, 0.15) is 37.7 Å². The van der Waals surface area contributed by atoms with Crippen molar-refractivity contribution >= 4 is 5.69 Å². The summed E-state index contributed by atoms with van der Waals surface area (Å²) in [6, 6.07) is 7.11. The maximum Gasteiger partial charge on any atom is 0.120 e. The van der Waals surface area contributed by atoms with Crippen molar-refractivity contribution in [2.45, 2.75) is 38.1 Å². The van der Waals surface area contributed by atoms with Gasteiger partial charge in [0, 0.05) is 23.7 Å². The van der Waals surface area contributed by atoms with Crippen LogP contribution >= 0.6 is 0 Å². The van der Waals surface area contributed by atoms with Crippen LogP contribution in [0, 0.1) is 5.92 Å². The lowest BCUT2D eigenvalue weighted by Crippen LogP contribution is -2.31. The second kappa shape index (κ2) is 3.69. The first-order chi connectivity index (χ1) is 7.79. The highest BCUT2D eigenvalue weighted by molar-refractivity contribution is 5.62. The second-order valence-electron chi connectivity index (χ2n) is 5.14. The Balaban J connectivity index is 1.96. The van der Waals surface area contributed by atoms with Crippen LogP contribution in [0.2, 0.25) is 0 Å². The van der Waals surface area contributed by atoms with Crippen LogP contribution in [0.25, 0.3) is 0 Å². The second-order valence-corrected chi connectivity index (χ2v) is 5.14. The number of methoxy groups -OCH3 is 1. The minimum atomic E-state index is 0.649. The molecule has 0 aromatic heterocycles. The topological polar surface area (TPSA) is 21.3 Å². The molecule has 1 aromatic carbocycles. The molecule has 3 atom stereocenters. The van der Waals surface area contributed by atoms with Crippen molar-refractivity contribution in [1.29, 1.82) is 0 Å². The quantitative estimate of drug-likeness (QED) is 0.778. The third-order valence-electron chi connectivity index (χ3n) is 4.20. The number of ether oxygens (including phenoxy) is 1. The van der Waals surface area contributed by atoms with Gasteiger partial charge in [0.15, 0.2) is 0 Å². The van der Waals surface area contributed by atoms with Crippen LogP contribution in [-0.4, -0.2) is 13.2 Å². The van der Waals surface area contributed by atoms with Gasteiger partial charge in [-0.2, -0.15) is 0 Å². The average Bonchev–Trinajstić information content (AvgIpc) is 2.68. The Kier molecular flexibility index (Phi) is 2.31. The number of anilines is 1. The predicted molar refractivity (Wildman–Crippen MR) is 66.2 cm³/mol. The number of hydrogen-bond donors (Lipinski definition) is 1. The van der Waals surface area contributed by atoms with Gasteiger partial charge in [0.05, 0.1) is 7.11 Å². The molecule has 0 radical (unpaired) electrons. The average molecular weight is 217 g/mol.